The van der Waals surface area contributed by atoms with Gasteiger partial charge in [0.2, 0.25) is 11.8 Å². The lowest BCUT2D eigenvalue weighted by molar-refractivity contribution is -0.144. The summed E-state index contributed by atoms with van der Waals surface area (Å²) < 4.78 is 18.4. The molecule has 8 nitrogen and oxygen atoms in total. The van der Waals surface area contributed by atoms with Crippen LogP contribution in [0.5, 0.6) is 5.75 Å². The normalized spacial score (nSPS) is 25.4. The first-order valence-electron chi connectivity index (χ1n) is 17.0. The van der Waals surface area contributed by atoms with E-state index in [0.29, 0.717) is 25.4 Å². The number of aliphatic hydroxyl groups excluding tert-OH is 1. The highest BCUT2D eigenvalue weighted by Gasteiger charge is 2.58. The number of para-hydroxylation sites is 1. The van der Waals surface area contributed by atoms with Gasteiger partial charge in [-0.05, 0) is 86.1 Å². The van der Waals surface area contributed by atoms with Crippen molar-refractivity contribution in [1.82, 2.24) is 9.80 Å². The van der Waals surface area contributed by atoms with Crippen LogP contribution in [0.2, 0.25) is 0 Å². The molecule has 1 aliphatic carbocycles. The Balaban J connectivity index is 1.07. The van der Waals surface area contributed by atoms with Crippen LogP contribution in [0.1, 0.15) is 56.1 Å². The van der Waals surface area contributed by atoms with Crippen molar-refractivity contribution in [1.29, 1.82) is 0 Å². The summed E-state index contributed by atoms with van der Waals surface area (Å²) >= 11 is 0. The fourth-order valence-electron chi connectivity index (χ4n) is 8.09. The molecule has 3 saturated heterocycles. The summed E-state index contributed by atoms with van der Waals surface area (Å²) in [4.78, 5) is 32.4. The molecule has 7 rings (SSSR count). The van der Waals surface area contributed by atoms with Crippen molar-refractivity contribution in [2.45, 2.75) is 64.3 Å². The van der Waals surface area contributed by atoms with E-state index < -0.39 is 0 Å². The van der Waals surface area contributed by atoms with Crippen molar-refractivity contribution in [2.24, 2.45) is 17.8 Å². The Labute approximate surface area is 276 Å². The molecule has 0 unspecified atom stereocenters. The molecule has 1 aromatic heterocycles. The van der Waals surface area contributed by atoms with Gasteiger partial charge in [-0.2, -0.15) is 0 Å². The maximum Gasteiger partial charge on any atom is 0.234 e. The number of allylic oxidation sites excluding steroid dienone is 1. The molecule has 3 aromatic rings. The molecule has 0 spiro atoms. The Morgan fingerprint density at radius 3 is 2.43 bits per heavy atom. The molecule has 47 heavy (non-hydrogen) atoms. The number of hydrogen-bond donors (Lipinski definition) is 1. The van der Waals surface area contributed by atoms with E-state index >= 15 is 0 Å². The van der Waals surface area contributed by atoms with Crippen LogP contribution < -0.4 is 4.74 Å². The summed E-state index contributed by atoms with van der Waals surface area (Å²) in [7, 11) is 0. The smallest absolute Gasteiger partial charge is 0.234 e. The summed E-state index contributed by atoms with van der Waals surface area (Å²) in [5, 5.41) is 9.34. The molecule has 2 amide bonds. The van der Waals surface area contributed by atoms with Gasteiger partial charge in [-0.1, -0.05) is 54.1 Å². The fraction of sp³-hybridized carbons (Fsp3) is 0.436. The number of hydrogen-bond acceptors (Lipinski definition) is 7. The van der Waals surface area contributed by atoms with Gasteiger partial charge in [-0.3, -0.25) is 19.4 Å². The number of fused-ring (bicyclic) bond motifs is 3. The molecular weight excluding hydrogens is 592 g/mol. The van der Waals surface area contributed by atoms with Gasteiger partial charge in [0, 0.05) is 31.6 Å². The van der Waals surface area contributed by atoms with Gasteiger partial charge in [0.25, 0.3) is 0 Å². The Hall–Kier alpha value is -3.98. The third kappa shape index (κ3) is 6.73. The number of nitrogens with zero attached hydrogens (tertiary/aromatic N) is 2. The van der Waals surface area contributed by atoms with E-state index in [1.54, 1.807) is 11.0 Å². The molecule has 8 heteroatoms. The highest BCUT2D eigenvalue weighted by molar-refractivity contribution is 6.06. The summed E-state index contributed by atoms with van der Waals surface area (Å²) in [6, 6.07) is 23.8. The number of likely N-dealkylation sites (tertiary alicyclic amines) is 2. The lowest BCUT2D eigenvalue weighted by atomic mass is 9.69. The number of amides is 2. The van der Waals surface area contributed by atoms with Crippen LogP contribution in [0, 0.1) is 17.8 Å². The first-order chi connectivity index (χ1) is 23.0. The zero-order valence-corrected chi connectivity index (χ0v) is 27.1. The van der Waals surface area contributed by atoms with Crippen LogP contribution in [0.15, 0.2) is 93.9 Å². The number of carbonyl (C=O) groups is 2. The summed E-state index contributed by atoms with van der Waals surface area (Å²) in [6.07, 6.45) is 5.55. The maximum atomic E-state index is 14.2. The molecule has 246 valence electrons. The minimum Gasteiger partial charge on any atom is -0.489 e. The standard InChI is InChI=1S/C39H44N2O6/c1-26(20-31-13-14-32(23-42)47-31)12-15-35-36-28(24-45-30-10-6-3-7-11-30)21-33-37(34(36)25-46-35)39(44)41(38(33)43)29-16-18-40(19-17-29)22-27-8-4-2-5-9-27/h2-11,13-14,20,29,33-35,37,42H,12,15-19,21-25H2,1H3/b26-20+/t33-,34+,35-,37-/m1/s1. The zero-order chi connectivity index (χ0) is 32.3. The quantitative estimate of drug-likeness (QED) is 0.203. The SMILES string of the molecule is C/C(=C\c1ccc(CO)o1)CC[C@H]1OC[C@H]2C1=C(COc1ccccc1)C[C@H]1C(=O)N(C3CCN(Cc4ccccc4)CC3)C(=O)[C@H]12. The summed E-state index contributed by atoms with van der Waals surface area (Å²) in [5.41, 5.74) is 4.69. The Kier molecular flexibility index (Phi) is 9.43. The number of ether oxygens (including phenoxy) is 2. The Bertz CT molecular complexity index is 1620. The van der Waals surface area contributed by atoms with E-state index in [4.69, 9.17) is 13.9 Å². The largest absolute Gasteiger partial charge is 0.489 e. The van der Waals surface area contributed by atoms with E-state index in [2.05, 4.69) is 36.1 Å². The van der Waals surface area contributed by atoms with Crippen molar-refractivity contribution in [3.05, 3.63) is 107 Å². The lowest BCUT2D eigenvalue weighted by Gasteiger charge is -2.36. The number of rotatable bonds is 11. The van der Waals surface area contributed by atoms with Gasteiger partial charge in [-0.15, -0.1) is 0 Å². The molecule has 4 heterocycles. The van der Waals surface area contributed by atoms with E-state index in [1.165, 1.54) is 5.56 Å². The second-order valence-corrected chi connectivity index (χ2v) is 13.5. The highest BCUT2D eigenvalue weighted by Crippen LogP contribution is 2.50. The molecule has 1 N–H and O–H groups in total. The van der Waals surface area contributed by atoms with Crippen molar-refractivity contribution in [3.8, 4) is 5.75 Å². The number of imide groups is 1. The average Bonchev–Trinajstić information content (AvgIpc) is 3.80. The van der Waals surface area contributed by atoms with E-state index in [-0.39, 0.29) is 48.3 Å². The number of aliphatic hydroxyl groups is 1. The number of carbonyl (C=O) groups excluding carboxylic acids is 2. The van der Waals surface area contributed by atoms with Gasteiger partial charge >= 0.3 is 0 Å². The van der Waals surface area contributed by atoms with Gasteiger partial charge in [-0.25, -0.2) is 0 Å². The van der Waals surface area contributed by atoms with Crippen LogP contribution >= 0.6 is 0 Å². The Morgan fingerprint density at radius 1 is 0.957 bits per heavy atom. The van der Waals surface area contributed by atoms with Crippen LogP contribution in [-0.2, 0) is 27.5 Å². The van der Waals surface area contributed by atoms with Gasteiger partial charge < -0.3 is 19.0 Å². The number of piperidine rings is 1. The minimum atomic E-state index is -0.373. The van der Waals surface area contributed by atoms with Crippen molar-refractivity contribution < 1.29 is 28.6 Å². The van der Waals surface area contributed by atoms with Crippen molar-refractivity contribution in [2.75, 3.05) is 26.3 Å². The first-order valence-corrected chi connectivity index (χ1v) is 17.0. The third-order valence-corrected chi connectivity index (χ3v) is 10.4. The van der Waals surface area contributed by atoms with Crippen LogP contribution in [0.25, 0.3) is 6.08 Å². The van der Waals surface area contributed by atoms with E-state index in [0.717, 1.165) is 73.5 Å². The highest BCUT2D eigenvalue weighted by atomic mass is 16.5. The third-order valence-electron chi connectivity index (χ3n) is 10.4. The van der Waals surface area contributed by atoms with Crippen molar-refractivity contribution >= 4 is 17.9 Å². The van der Waals surface area contributed by atoms with Gasteiger partial charge in [0.05, 0.1) is 24.5 Å². The molecule has 0 saturated carbocycles. The van der Waals surface area contributed by atoms with Gasteiger partial charge in [0.15, 0.2) is 0 Å². The fourth-order valence-corrected chi connectivity index (χ4v) is 8.09. The topological polar surface area (TPSA) is 92.4 Å². The summed E-state index contributed by atoms with van der Waals surface area (Å²) in [6.45, 7) is 5.39. The van der Waals surface area contributed by atoms with Crippen LogP contribution in [0.3, 0.4) is 0 Å². The average molecular weight is 637 g/mol. The predicted octanol–water partition coefficient (Wildman–Crippen LogP) is 6.02. The van der Waals surface area contributed by atoms with Crippen LogP contribution in [0.4, 0.5) is 0 Å². The van der Waals surface area contributed by atoms with Gasteiger partial charge in [0.1, 0.15) is 30.5 Å². The zero-order valence-electron chi connectivity index (χ0n) is 27.1. The van der Waals surface area contributed by atoms with E-state index in [1.807, 2.05) is 48.5 Å². The molecule has 0 bridgehead atoms. The first kappa shape index (κ1) is 31.6. The molecule has 3 aliphatic heterocycles. The molecular formula is C39H44N2O6. The number of benzene rings is 2. The van der Waals surface area contributed by atoms with Crippen LogP contribution in [-0.4, -0.2) is 65.2 Å². The minimum absolute atomic E-state index is 0.00938. The molecule has 4 atom stereocenters. The molecule has 0 radical (unpaired) electrons. The van der Waals surface area contributed by atoms with E-state index in [9.17, 15) is 14.7 Å². The molecule has 3 fully saturated rings. The second-order valence-electron chi connectivity index (χ2n) is 13.5. The molecule has 4 aliphatic rings. The summed E-state index contributed by atoms with van der Waals surface area (Å²) in [5.74, 6) is 1.17. The number of furan rings is 1. The maximum absolute atomic E-state index is 14.2. The predicted molar refractivity (Wildman–Crippen MR) is 178 cm³/mol. The van der Waals surface area contributed by atoms with Crippen molar-refractivity contribution in [3.63, 3.8) is 0 Å². The monoisotopic (exact) mass is 636 g/mol. The lowest BCUT2D eigenvalue weighted by Crippen LogP contribution is -2.47. The molecule has 2 aromatic carbocycles. The second kappa shape index (κ2) is 14.0. The Morgan fingerprint density at radius 2 is 1.70 bits per heavy atom.